The van der Waals surface area contributed by atoms with Gasteiger partial charge in [-0.05, 0) is 67.5 Å². The average molecular weight is 265 g/mol. The van der Waals surface area contributed by atoms with Crippen molar-refractivity contribution in [2.45, 2.75) is 59.4 Å². The van der Waals surface area contributed by atoms with E-state index in [4.69, 9.17) is 0 Å². The fraction of sp³-hybridized carbons (Fsp3) is 0.750. The maximum Gasteiger partial charge on any atom is 0.0359 e. The molecule has 0 bridgehead atoms. The zero-order valence-corrected chi connectivity index (χ0v) is 13.1. The predicted molar refractivity (Wildman–Crippen MR) is 81.2 cm³/mol. The Bertz CT molecular complexity index is 370. The summed E-state index contributed by atoms with van der Waals surface area (Å²) >= 11 is 1.88. The van der Waals surface area contributed by atoms with E-state index < -0.39 is 0 Å². The minimum Gasteiger partial charge on any atom is -0.310 e. The van der Waals surface area contributed by atoms with Crippen molar-refractivity contribution in [3.63, 3.8) is 0 Å². The lowest BCUT2D eigenvalue weighted by Gasteiger charge is -2.38. The smallest absolute Gasteiger partial charge is 0.0359 e. The highest BCUT2D eigenvalue weighted by atomic mass is 32.1. The van der Waals surface area contributed by atoms with E-state index in [1.54, 1.807) is 5.56 Å². The Labute approximate surface area is 116 Å². The van der Waals surface area contributed by atoms with Crippen LogP contribution >= 0.6 is 11.3 Å². The van der Waals surface area contributed by atoms with Crippen LogP contribution in [0.1, 0.15) is 62.9 Å². The fourth-order valence-corrected chi connectivity index (χ4v) is 3.97. The molecule has 0 spiro atoms. The van der Waals surface area contributed by atoms with Gasteiger partial charge in [-0.1, -0.05) is 20.8 Å². The van der Waals surface area contributed by atoms with Crippen molar-refractivity contribution in [2.75, 3.05) is 6.54 Å². The van der Waals surface area contributed by atoms with Crippen LogP contribution in [0.3, 0.4) is 0 Å². The highest BCUT2D eigenvalue weighted by molar-refractivity contribution is 7.10. The second kappa shape index (κ2) is 5.75. The molecule has 0 saturated heterocycles. The van der Waals surface area contributed by atoms with Crippen LogP contribution in [0.15, 0.2) is 11.4 Å². The van der Waals surface area contributed by atoms with Crippen molar-refractivity contribution in [2.24, 2.45) is 11.3 Å². The largest absolute Gasteiger partial charge is 0.310 e. The van der Waals surface area contributed by atoms with Gasteiger partial charge < -0.3 is 5.32 Å². The van der Waals surface area contributed by atoms with Gasteiger partial charge in [-0.3, -0.25) is 0 Å². The van der Waals surface area contributed by atoms with Gasteiger partial charge in [0.05, 0.1) is 0 Å². The lowest BCUT2D eigenvalue weighted by molar-refractivity contribution is 0.162. The lowest BCUT2D eigenvalue weighted by atomic mass is 9.70. The zero-order valence-electron chi connectivity index (χ0n) is 12.3. The van der Waals surface area contributed by atoms with Gasteiger partial charge in [0.25, 0.3) is 0 Å². The fourth-order valence-electron chi connectivity index (χ4n) is 3.22. The van der Waals surface area contributed by atoms with Crippen molar-refractivity contribution in [1.82, 2.24) is 5.32 Å². The first-order chi connectivity index (χ1) is 8.53. The molecule has 102 valence electrons. The van der Waals surface area contributed by atoms with Gasteiger partial charge in [0, 0.05) is 10.9 Å². The van der Waals surface area contributed by atoms with Gasteiger partial charge in [0.1, 0.15) is 0 Å². The third-order valence-electron chi connectivity index (χ3n) is 4.51. The summed E-state index contributed by atoms with van der Waals surface area (Å²) in [7, 11) is 0. The molecule has 1 aliphatic rings. The SMILES string of the molecule is CCNC(c1ccsc1C)C1CCC(C)(C)CC1. The predicted octanol–water partition coefficient (Wildman–Crippen LogP) is 4.92. The summed E-state index contributed by atoms with van der Waals surface area (Å²) in [6.45, 7) is 10.4. The number of thiophene rings is 1. The Morgan fingerprint density at radius 3 is 2.56 bits per heavy atom. The van der Waals surface area contributed by atoms with Gasteiger partial charge in [-0.15, -0.1) is 11.3 Å². The number of aryl methyl sites for hydroxylation is 1. The zero-order chi connectivity index (χ0) is 13.2. The van der Waals surface area contributed by atoms with Crippen LogP contribution in [0.25, 0.3) is 0 Å². The van der Waals surface area contributed by atoms with Crippen molar-refractivity contribution >= 4 is 11.3 Å². The molecule has 1 heterocycles. The van der Waals surface area contributed by atoms with Crippen LogP contribution < -0.4 is 5.32 Å². The van der Waals surface area contributed by atoms with E-state index in [9.17, 15) is 0 Å². The summed E-state index contributed by atoms with van der Waals surface area (Å²) < 4.78 is 0. The van der Waals surface area contributed by atoms with E-state index >= 15 is 0 Å². The number of rotatable bonds is 4. The second-order valence-corrected chi connectivity index (χ2v) is 7.59. The standard InChI is InChI=1S/C16H27NS/c1-5-17-15(14-8-11-18-12(14)2)13-6-9-16(3,4)10-7-13/h8,11,13,15,17H,5-7,9-10H2,1-4H3. The first kappa shape index (κ1) is 14.1. The highest BCUT2D eigenvalue weighted by Crippen LogP contribution is 2.43. The molecule has 0 amide bonds. The van der Waals surface area contributed by atoms with Gasteiger partial charge in [0.15, 0.2) is 0 Å². The third kappa shape index (κ3) is 3.16. The monoisotopic (exact) mass is 265 g/mol. The molecule has 18 heavy (non-hydrogen) atoms. The van der Waals surface area contributed by atoms with Crippen molar-refractivity contribution in [3.05, 3.63) is 21.9 Å². The normalized spacial score (nSPS) is 22.0. The van der Waals surface area contributed by atoms with Crippen LogP contribution in [-0.4, -0.2) is 6.54 Å². The van der Waals surface area contributed by atoms with E-state index in [2.05, 4.69) is 44.5 Å². The van der Waals surface area contributed by atoms with E-state index in [-0.39, 0.29) is 0 Å². The molecule has 0 aromatic carbocycles. The highest BCUT2D eigenvalue weighted by Gasteiger charge is 2.32. The van der Waals surface area contributed by atoms with Crippen LogP contribution in [0.2, 0.25) is 0 Å². The second-order valence-electron chi connectivity index (χ2n) is 6.47. The quantitative estimate of drug-likeness (QED) is 0.814. The Balaban J connectivity index is 2.10. The Morgan fingerprint density at radius 1 is 1.39 bits per heavy atom. The van der Waals surface area contributed by atoms with Crippen LogP contribution in [-0.2, 0) is 0 Å². The first-order valence-corrected chi connectivity index (χ1v) is 8.19. The Hall–Kier alpha value is -0.340. The summed E-state index contributed by atoms with van der Waals surface area (Å²) in [4.78, 5) is 1.49. The summed E-state index contributed by atoms with van der Waals surface area (Å²) in [5, 5.41) is 5.97. The molecule has 2 heteroatoms. The summed E-state index contributed by atoms with van der Waals surface area (Å²) in [6, 6.07) is 2.91. The summed E-state index contributed by atoms with van der Waals surface area (Å²) in [5.74, 6) is 0.825. The minimum absolute atomic E-state index is 0.566. The van der Waals surface area contributed by atoms with Gasteiger partial charge in [-0.25, -0.2) is 0 Å². The molecule has 1 saturated carbocycles. The Kier molecular flexibility index (Phi) is 4.50. The molecule has 1 fully saturated rings. The maximum absolute atomic E-state index is 3.73. The molecular weight excluding hydrogens is 238 g/mol. The molecule has 1 nitrogen and oxygen atoms in total. The van der Waals surface area contributed by atoms with Gasteiger partial charge >= 0.3 is 0 Å². The third-order valence-corrected chi connectivity index (χ3v) is 5.37. The molecular formula is C16H27NS. The molecule has 1 unspecified atom stereocenters. The van der Waals surface area contributed by atoms with E-state index in [0.717, 1.165) is 12.5 Å². The average Bonchev–Trinajstić information content (AvgIpc) is 2.73. The number of hydrogen-bond donors (Lipinski definition) is 1. The van der Waals surface area contributed by atoms with Gasteiger partial charge in [-0.2, -0.15) is 0 Å². The molecule has 1 aliphatic carbocycles. The summed E-state index contributed by atoms with van der Waals surface area (Å²) in [5.41, 5.74) is 2.11. The molecule has 1 aromatic rings. The van der Waals surface area contributed by atoms with Crippen LogP contribution in [0, 0.1) is 18.3 Å². The van der Waals surface area contributed by atoms with Crippen molar-refractivity contribution < 1.29 is 0 Å². The van der Waals surface area contributed by atoms with Crippen molar-refractivity contribution in [1.29, 1.82) is 0 Å². The first-order valence-electron chi connectivity index (χ1n) is 7.31. The molecule has 1 aromatic heterocycles. The van der Waals surface area contributed by atoms with Crippen LogP contribution in [0.4, 0.5) is 0 Å². The van der Waals surface area contributed by atoms with E-state index in [1.165, 1.54) is 30.6 Å². The minimum atomic E-state index is 0.566. The number of nitrogens with one attached hydrogen (secondary N) is 1. The number of hydrogen-bond acceptors (Lipinski definition) is 2. The topological polar surface area (TPSA) is 12.0 Å². The molecule has 2 rings (SSSR count). The molecule has 1 N–H and O–H groups in total. The van der Waals surface area contributed by atoms with E-state index in [1.807, 2.05) is 11.3 Å². The van der Waals surface area contributed by atoms with Crippen molar-refractivity contribution in [3.8, 4) is 0 Å². The molecule has 0 radical (unpaired) electrons. The lowest BCUT2D eigenvalue weighted by Crippen LogP contribution is -2.32. The molecule has 1 atom stereocenters. The van der Waals surface area contributed by atoms with Crippen LogP contribution in [0.5, 0.6) is 0 Å². The molecule has 0 aliphatic heterocycles. The van der Waals surface area contributed by atoms with Gasteiger partial charge in [0.2, 0.25) is 0 Å². The maximum atomic E-state index is 3.73. The van der Waals surface area contributed by atoms with E-state index in [0.29, 0.717) is 11.5 Å². The Morgan fingerprint density at radius 2 is 2.06 bits per heavy atom. The summed E-state index contributed by atoms with van der Waals surface area (Å²) in [6.07, 6.45) is 5.51.